The first-order valence-corrected chi connectivity index (χ1v) is 14.3. The van der Waals surface area contributed by atoms with Gasteiger partial charge in [0.25, 0.3) is 0 Å². The third-order valence-electron chi connectivity index (χ3n) is 7.76. The highest BCUT2D eigenvalue weighted by atomic mass is 16.5. The first-order chi connectivity index (χ1) is 19.6. The summed E-state index contributed by atoms with van der Waals surface area (Å²) in [5.74, 6) is 0.843. The van der Waals surface area contributed by atoms with Gasteiger partial charge < -0.3 is 9.64 Å². The lowest BCUT2D eigenvalue weighted by Crippen LogP contribution is -2.12. The molecule has 0 N–H and O–H groups in total. The molecule has 0 aliphatic carbocycles. The Balaban J connectivity index is 1.51. The van der Waals surface area contributed by atoms with Crippen LogP contribution in [0.25, 0.3) is 22.5 Å². The van der Waals surface area contributed by atoms with Gasteiger partial charge in [0.15, 0.2) is 0 Å². The zero-order valence-corrected chi connectivity index (χ0v) is 24.8. The maximum absolute atomic E-state index is 6.39. The molecule has 2 aromatic heterocycles. The maximum atomic E-state index is 6.39. The van der Waals surface area contributed by atoms with E-state index in [9.17, 15) is 0 Å². The normalized spacial score (nSPS) is 13.2. The lowest BCUT2D eigenvalue weighted by molar-refractivity contribution is 0.310. The van der Waals surface area contributed by atoms with E-state index >= 15 is 0 Å². The second-order valence-electron chi connectivity index (χ2n) is 12.8. The summed E-state index contributed by atoms with van der Waals surface area (Å²) in [5.41, 5.74) is 10.9. The van der Waals surface area contributed by atoms with Crippen LogP contribution in [0, 0.1) is 0 Å². The van der Waals surface area contributed by atoms with Gasteiger partial charge in [-0.05, 0) is 82.6 Å². The van der Waals surface area contributed by atoms with Crippen molar-refractivity contribution >= 4 is 17.1 Å². The molecule has 0 amide bonds. The molecule has 1 aliphatic rings. The van der Waals surface area contributed by atoms with Crippen LogP contribution >= 0.6 is 0 Å². The van der Waals surface area contributed by atoms with Gasteiger partial charge in [-0.25, -0.2) is 0 Å². The van der Waals surface area contributed by atoms with Crippen LogP contribution in [0.4, 0.5) is 17.1 Å². The Kier molecular flexibility index (Phi) is 6.65. The average Bonchev–Trinajstić information content (AvgIpc) is 3.13. The van der Waals surface area contributed by atoms with Crippen LogP contribution in [0.1, 0.15) is 58.2 Å². The highest BCUT2D eigenvalue weighted by molar-refractivity contribution is 5.86. The van der Waals surface area contributed by atoms with Crippen LogP contribution in [0.15, 0.2) is 103 Å². The van der Waals surface area contributed by atoms with E-state index in [1.165, 1.54) is 11.1 Å². The second kappa shape index (κ2) is 10.2. The van der Waals surface area contributed by atoms with Crippen molar-refractivity contribution in [2.45, 2.75) is 59.0 Å². The summed E-state index contributed by atoms with van der Waals surface area (Å²) in [6.45, 7) is 13.9. The maximum Gasteiger partial charge on any atom is 0.143 e. The number of pyridine rings is 2. The topological polar surface area (TPSA) is 38.2 Å². The standard InChI is InChI=1S/C37H37N3O/c1-36(2,3)28-16-18-38-31(22-28)25-11-9-12-30(20-25)40-33-13-8-7-10-27(33)24-41-35-15-14-26(21-34(35)40)32-23-29(17-19-39-32)37(4,5)6/h7-23H,24H2,1-6H3. The Morgan fingerprint density at radius 2 is 1.24 bits per heavy atom. The number of fused-ring (bicyclic) bond motifs is 2. The zero-order valence-electron chi connectivity index (χ0n) is 24.8. The summed E-state index contributed by atoms with van der Waals surface area (Å²) in [5, 5.41) is 0. The van der Waals surface area contributed by atoms with Crippen molar-refractivity contribution in [1.29, 1.82) is 0 Å². The fraction of sp³-hybridized carbons (Fsp3) is 0.243. The van der Waals surface area contributed by atoms with E-state index in [1.807, 2.05) is 12.4 Å². The Labute approximate surface area is 243 Å². The molecule has 0 saturated carbocycles. The molecular weight excluding hydrogens is 502 g/mol. The number of aromatic nitrogens is 2. The van der Waals surface area contributed by atoms with Gasteiger partial charge in [0, 0.05) is 34.8 Å². The van der Waals surface area contributed by atoms with Crippen LogP contribution < -0.4 is 9.64 Å². The van der Waals surface area contributed by atoms with Crippen molar-refractivity contribution in [2.24, 2.45) is 0 Å². The van der Waals surface area contributed by atoms with E-state index in [-0.39, 0.29) is 10.8 Å². The number of anilines is 3. The fourth-order valence-electron chi connectivity index (χ4n) is 5.30. The number of rotatable bonds is 3. The fourth-order valence-corrected chi connectivity index (χ4v) is 5.30. The van der Waals surface area contributed by atoms with Gasteiger partial charge in [-0.1, -0.05) is 71.9 Å². The first-order valence-electron chi connectivity index (χ1n) is 14.3. The number of benzene rings is 3. The summed E-state index contributed by atoms with van der Waals surface area (Å²) >= 11 is 0. The van der Waals surface area contributed by atoms with Crippen LogP contribution in [0.2, 0.25) is 0 Å². The number of hydrogen-bond acceptors (Lipinski definition) is 4. The minimum atomic E-state index is 0.0379. The molecule has 41 heavy (non-hydrogen) atoms. The SMILES string of the molecule is CC(C)(C)c1ccnc(-c2cccc(N3c4ccccc4COc4ccc(-c5cc(C(C)(C)C)ccn5)cc43)c2)c1. The van der Waals surface area contributed by atoms with Crippen molar-refractivity contribution < 1.29 is 4.74 Å². The summed E-state index contributed by atoms with van der Waals surface area (Å²) < 4.78 is 6.39. The average molecular weight is 540 g/mol. The summed E-state index contributed by atoms with van der Waals surface area (Å²) in [6.07, 6.45) is 3.82. The molecular formula is C37H37N3O. The smallest absolute Gasteiger partial charge is 0.143 e. The second-order valence-corrected chi connectivity index (χ2v) is 12.8. The van der Waals surface area contributed by atoms with Crippen molar-refractivity contribution in [2.75, 3.05) is 4.90 Å². The Morgan fingerprint density at radius 3 is 1.90 bits per heavy atom. The van der Waals surface area contributed by atoms with E-state index in [0.29, 0.717) is 6.61 Å². The highest BCUT2D eigenvalue weighted by Crippen LogP contribution is 2.46. The van der Waals surface area contributed by atoms with Crippen LogP contribution in [-0.2, 0) is 17.4 Å². The molecule has 206 valence electrons. The molecule has 1 aliphatic heterocycles. The molecule has 3 aromatic carbocycles. The van der Waals surface area contributed by atoms with Gasteiger partial charge in [-0.15, -0.1) is 0 Å². The van der Waals surface area contributed by atoms with E-state index in [1.54, 1.807) is 0 Å². The summed E-state index contributed by atoms with van der Waals surface area (Å²) in [6, 6.07) is 32.1. The molecule has 0 saturated heterocycles. The van der Waals surface area contributed by atoms with Crippen LogP contribution in [0.5, 0.6) is 5.75 Å². The number of hydrogen-bond donors (Lipinski definition) is 0. The Hall–Kier alpha value is -4.44. The third kappa shape index (κ3) is 5.35. The van der Waals surface area contributed by atoms with Crippen LogP contribution in [-0.4, -0.2) is 9.97 Å². The van der Waals surface area contributed by atoms with Gasteiger partial charge in [-0.2, -0.15) is 0 Å². The first kappa shape index (κ1) is 26.8. The minimum Gasteiger partial charge on any atom is -0.487 e. The molecule has 0 bridgehead atoms. The van der Waals surface area contributed by atoms with E-state index in [0.717, 1.165) is 50.9 Å². The highest BCUT2D eigenvalue weighted by Gasteiger charge is 2.25. The molecule has 3 heterocycles. The lowest BCUT2D eigenvalue weighted by Gasteiger charge is -2.27. The van der Waals surface area contributed by atoms with Gasteiger partial charge >= 0.3 is 0 Å². The molecule has 0 spiro atoms. The number of nitrogens with zero attached hydrogens (tertiary/aromatic N) is 3. The molecule has 0 fully saturated rings. The Morgan fingerprint density at radius 1 is 0.610 bits per heavy atom. The molecule has 0 radical (unpaired) electrons. The third-order valence-corrected chi connectivity index (χ3v) is 7.76. The van der Waals surface area contributed by atoms with Crippen molar-refractivity contribution in [3.63, 3.8) is 0 Å². The predicted octanol–water partition coefficient (Wildman–Crippen LogP) is 9.77. The summed E-state index contributed by atoms with van der Waals surface area (Å²) in [7, 11) is 0. The largest absolute Gasteiger partial charge is 0.487 e. The predicted molar refractivity (Wildman–Crippen MR) is 169 cm³/mol. The van der Waals surface area contributed by atoms with E-state index in [4.69, 9.17) is 14.7 Å². The quantitative estimate of drug-likeness (QED) is 0.229. The van der Waals surface area contributed by atoms with Gasteiger partial charge in [0.1, 0.15) is 12.4 Å². The summed E-state index contributed by atoms with van der Waals surface area (Å²) in [4.78, 5) is 11.8. The number of ether oxygens (including phenoxy) is 1. The molecule has 4 heteroatoms. The van der Waals surface area contributed by atoms with Crippen molar-refractivity contribution in [3.05, 3.63) is 120 Å². The lowest BCUT2D eigenvalue weighted by atomic mass is 9.87. The Bertz CT molecular complexity index is 1730. The molecule has 0 atom stereocenters. The van der Waals surface area contributed by atoms with E-state index < -0.39 is 0 Å². The van der Waals surface area contributed by atoms with E-state index in [2.05, 4.69) is 137 Å². The van der Waals surface area contributed by atoms with Crippen LogP contribution in [0.3, 0.4) is 0 Å². The number of para-hydroxylation sites is 1. The van der Waals surface area contributed by atoms with Gasteiger partial charge in [0.2, 0.25) is 0 Å². The van der Waals surface area contributed by atoms with Crippen molar-refractivity contribution in [3.8, 4) is 28.3 Å². The zero-order chi connectivity index (χ0) is 28.8. The monoisotopic (exact) mass is 539 g/mol. The molecule has 6 rings (SSSR count). The molecule has 0 unspecified atom stereocenters. The molecule has 4 nitrogen and oxygen atoms in total. The van der Waals surface area contributed by atoms with Gasteiger partial charge in [-0.3, -0.25) is 9.97 Å². The van der Waals surface area contributed by atoms with Gasteiger partial charge in [0.05, 0.1) is 22.8 Å². The minimum absolute atomic E-state index is 0.0379. The van der Waals surface area contributed by atoms with Crippen molar-refractivity contribution in [1.82, 2.24) is 9.97 Å². The molecule has 5 aromatic rings.